The number of alkyl halides is 1. The first-order valence-corrected chi connectivity index (χ1v) is 16.2. The number of nitrogens with zero attached hydrogens (tertiary/aromatic N) is 1. The van der Waals surface area contributed by atoms with Crippen LogP contribution in [0, 0.1) is 32.8 Å². The Morgan fingerprint density at radius 2 is 1.90 bits per heavy atom. The molecule has 49 heavy (non-hydrogen) atoms. The molecule has 5 N–H and O–H groups in total. The number of aliphatic hydroxyl groups is 3. The van der Waals surface area contributed by atoms with Crippen molar-refractivity contribution in [2.24, 2.45) is 28.4 Å². The van der Waals surface area contributed by atoms with Gasteiger partial charge >= 0.3 is 11.9 Å². The summed E-state index contributed by atoms with van der Waals surface area (Å²) in [5, 5.41) is 43.8. The number of fused-ring (bicyclic) bond motifs is 5. The van der Waals surface area contributed by atoms with Crippen LogP contribution in [0.25, 0.3) is 0 Å². The number of carbonyl (C=O) groups is 4. The highest BCUT2D eigenvalue weighted by Crippen LogP contribution is 2.69. The first kappa shape index (κ1) is 36.2. The minimum atomic E-state index is -2.49. The number of carbonyl (C=O) groups excluding carboxylic acids is 4. The van der Waals surface area contributed by atoms with Gasteiger partial charge in [0.1, 0.15) is 12.6 Å². The smallest absolute Gasteiger partial charge is 0.338 e. The first-order valence-electron chi connectivity index (χ1n) is 16.2. The lowest BCUT2D eigenvalue weighted by Crippen LogP contribution is -2.69. The minimum absolute atomic E-state index is 0.113. The SMILES string of the molecule is C[C@]12C=CC(=O)C=C1CC[C@H]1[C@@H]3C[C@@H](O)[C@](O)(C(=O)COC(=O)C(N)COC(=O)c4cccc(CCCO[N+](=O)[O-])c4)[C@@]3(C)C[C@H](O)[C@@]12F. The van der Waals surface area contributed by atoms with E-state index in [1.807, 2.05) is 0 Å². The normalized spacial score (nSPS) is 35.2. The summed E-state index contributed by atoms with van der Waals surface area (Å²) in [4.78, 5) is 65.4. The van der Waals surface area contributed by atoms with Gasteiger partial charge in [-0.2, -0.15) is 0 Å². The van der Waals surface area contributed by atoms with E-state index in [0.29, 0.717) is 30.4 Å². The number of halogens is 1. The summed E-state index contributed by atoms with van der Waals surface area (Å²) >= 11 is 0. The molecule has 15 heteroatoms. The molecule has 4 aliphatic carbocycles. The highest BCUT2D eigenvalue weighted by Gasteiger charge is 2.76. The third-order valence-corrected chi connectivity index (χ3v) is 11.3. The fraction of sp³-hybridized carbons (Fsp3) is 0.588. The number of ketones is 2. The number of esters is 2. The molecule has 4 aliphatic rings. The number of aliphatic hydroxyl groups excluding tert-OH is 2. The van der Waals surface area contributed by atoms with Crippen LogP contribution in [0.1, 0.15) is 61.9 Å². The van der Waals surface area contributed by atoms with Crippen molar-refractivity contribution in [2.45, 2.75) is 81.9 Å². The van der Waals surface area contributed by atoms with Crippen molar-refractivity contribution in [1.82, 2.24) is 0 Å². The van der Waals surface area contributed by atoms with Crippen LogP contribution in [-0.2, 0) is 35.1 Å². The van der Waals surface area contributed by atoms with Gasteiger partial charge in [-0.1, -0.05) is 30.7 Å². The molecule has 0 saturated heterocycles. The predicted octanol–water partition coefficient (Wildman–Crippen LogP) is 1.50. The molecular weight excluding hydrogens is 647 g/mol. The number of hydrogen-bond acceptors (Lipinski definition) is 13. The van der Waals surface area contributed by atoms with Gasteiger partial charge in [-0.3, -0.25) is 14.4 Å². The van der Waals surface area contributed by atoms with E-state index in [1.54, 1.807) is 19.1 Å². The maximum absolute atomic E-state index is 17.3. The Morgan fingerprint density at radius 3 is 2.61 bits per heavy atom. The number of aryl methyl sites for hydroxylation is 1. The average molecular weight is 689 g/mol. The van der Waals surface area contributed by atoms with Gasteiger partial charge in [0.25, 0.3) is 5.09 Å². The van der Waals surface area contributed by atoms with Crippen LogP contribution in [0.2, 0.25) is 0 Å². The Balaban J connectivity index is 1.19. The summed E-state index contributed by atoms with van der Waals surface area (Å²) in [6, 6.07) is 4.78. The number of benzene rings is 1. The molecule has 1 aromatic rings. The molecule has 5 rings (SSSR count). The number of nitrogens with two attached hydrogens (primary N) is 1. The fourth-order valence-electron chi connectivity index (χ4n) is 8.67. The largest absolute Gasteiger partial charge is 0.460 e. The third kappa shape index (κ3) is 6.06. The van der Waals surface area contributed by atoms with Gasteiger partial charge in [-0.15, -0.1) is 10.1 Å². The highest BCUT2D eigenvalue weighted by molar-refractivity contribution is 6.01. The van der Waals surface area contributed by atoms with Gasteiger partial charge in [-0.05, 0) is 81.2 Å². The average Bonchev–Trinajstić information content (AvgIpc) is 3.26. The van der Waals surface area contributed by atoms with Crippen LogP contribution in [0.4, 0.5) is 4.39 Å². The van der Waals surface area contributed by atoms with Crippen molar-refractivity contribution in [3.8, 4) is 0 Å². The number of hydrogen-bond donors (Lipinski definition) is 4. The highest BCUT2D eigenvalue weighted by atomic mass is 19.1. The van der Waals surface area contributed by atoms with Crippen molar-refractivity contribution >= 4 is 23.5 Å². The Bertz CT molecular complexity index is 1600. The van der Waals surface area contributed by atoms with E-state index < -0.39 is 88.2 Å². The zero-order valence-corrected chi connectivity index (χ0v) is 27.2. The van der Waals surface area contributed by atoms with Crippen molar-refractivity contribution in [1.29, 1.82) is 0 Å². The van der Waals surface area contributed by atoms with Crippen LogP contribution in [0.3, 0.4) is 0 Å². The molecule has 266 valence electrons. The number of ether oxygens (including phenoxy) is 2. The summed E-state index contributed by atoms with van der Waals surface area (Å²) in [6.07, 6.45) is 1.61. The Morgan fingerprint density at radius 1 is 1.16 bits per heavy atom. The van der Waals surface area contributed by atoms with Crippen molar-refractivity contribution < 1.29 is 58.3 Å². The lowest BCUT2D eigenvalue weighted by Gasteiger charge is -2.62. The van der Waals surface area contributed by atoms with E-state index in [-0.39, 0.29) is 37.2 Å². The molecule has 0 radical (unpaired) electrons. The summed E-state index contributed by atoms with van der Waals surface area (Å²) in [5.41, 5.74) is -0.285. The van der Waals surface area contributed by atoms with Crippen molar-refractivity contribution in [3.63, 3.8) is 0 Å². The Kier molecular flexibility index (Phi) is 9.87. The molecule has 1 aromatic carbocycles. The van der Waals surface area contributed by atoms with E-state index in [2.05, 4.69) is 4.84 Å². The van der Waals surface area contributed by atoms with Crippen LogP contribution in [-0.4, -0.2) is 93.3 Å². The van der Waals surface area contributed by atoms with Crippen LogP contribution in [0.15, 0.2) is 48.1 Å². The van der Waals surface area contributed by atoms with Crippen molar-refractivity contribution in [2.75, 3.05) is 19.8 Å². The van der Waals surface area contributed by atoms with Crippen LogP contribution in [0.5, 0.6) is 0 Å². The fourth-order valence-corrected chi connectivity index (χ4v) is 8.67. The second-order valence-corrected chi connectivity index (χ2v) is 13.9. The molecule has 14 nitrogen and oxygen atoms in total. The maximum atomic E-state index is 17.3. The standard InChI is InChI=1S/C34H41FN2O12/c1-31-11-10-22(38)14-21(31)8-9-23-24-15-26(39)34(44,32(24,2)16-27(40)33(23,31)35)28(41)18-48-30(43)25(36)17-47-29(42)20-7-3-5-19(13-20)6-4-12-49-37(45)46/h3,5,7,10-11,13-14,23-27,39-40,44H,4,6,8-9,12,15-18,36H2,1-2H3/t23-,24-,25?,26+,27-,31-,32-,33-,34-/m0/s1. The zero-order chi connectivity index (χ0) is 35.9. The summed E-state index contributed by atoms with van der Waals surface area (Å²) in [7, 11) is 0. The van der Waals surface area contributed by atoms with Gasteiger partial charge in [0, 0.05) is 16.7 Å². The topological polar surface area (TPSA) is 226 Å². The van der Waals surface area contributed by atoms with Gasteiger partial charge in [0.05, 0.1) is 24.4 Å². The zero-order valence-electron chi connectivity index (χ0n) is 27.2. The Hall–Kier alpha value is -4.05. The third-order valence-electron chi connectivity index (χ3n) is 11.3. The van der Waals surface area contributed by atoms with E-state index in [9.17, 15) is 44.6 Å². The quantitative estimate of drug-likeness (QED) is 0.106. The number of allylic oxidation sites excluding steroid dienone is 4. The monoisotopic (exact) mass is 688 g/mol. The van der Waals surface area contributed by atoms with Crippen LogP contribution >= 0.6 is 0 Å². The summed E-state index contributed by atoms with van der Waals surface area (Å²) in [5.74, 6) is -4.85. The molecule has 3 saturated carbocycles. The van der Waals surface area contributed by atoms with Crippen LogP contribution < -0.4 is 5.73 Å². The maximum Gasteiger partial charge on any atom is 0.338 e. The van der Waals surface area contributed by atoms with Gasteiger partial charge in [-0.25, -0.2) is 9.18 Å². The van der Waals surface area contributed by atoms with Gasteiger partial charge in [0.2, 0.25) is 5.78 Å². The lowest BCUT2D eigenvalue weighted by molar-refractivity contribution is -0.757. The molecule has 1 unspecified atom stereocenters. The molecular formula is C34H41FN2O12. The second-order valence-electron chi connectivity index (χ2n) is 13.9. The molecule has 0 amide bonds. The van der Waals surface area contributed by atoms with Gasteiger partial charge in [0.15, 0.2) is 23.7 Å². The second kappa shape index (κ2) is 13.3. The van der Waals surface area contributed by atoms with E-state index >= 15 is 4.39 Å². The van der Waals surface area contributed by atoms with Gasteiger partial charge < -0.3 is 35.4 Å². The molecule has 0 spiro atoms. The van der Waals surface area contributed by atoms with E-state index in [0.717, 1.165) is 0 Å². The minimum Gasteiger partial charge on any atom is -0.460 e. The molecule has 9 atom stereocenters. The molecule has 0 aliphatic heterocycles. The predicted molar refractivity (Wildman–Crippen MR) is 167 cm³/mol. The summed E-state index contributed by atoms with van der Waals surface area (Å²) < 4.78 is 27.5. The van der Waals surface area contributed by atoms with E-state index in [1.165, 1.54) is 37.3 Å². The lowest BCUT2D eigenvalue weighted by atomic mass is 9.44. The molecule has 3 fully saturated rings. The molecule has 0 aromatic heterocycles. The van der Waals surface area contributed by atoms with E-state index in [4.69, 9.17) is 15.2 Å². The number of Topliss-reactive ketones (excluding diaryl/α,β-unsaturated/α-hetero) is 1. The molecule has 0 heterocycles. The molecule has 0 bridgehead atoms. The number of rotatable bonds is 12. The summed E-state index contributed by atoms with van der Waals surface area (Å²) in [6.45, 7) is 1.43. The Labute approximate surface area is 281 Å². The first-order chi connectivity index (χ1) is 23.0. The van der Waals surface area contributed by atoms with Crippen molar-refractivity contribution in [3.05, 3.63) is 69.3 Å².